The van der Waals surface area contributed by atoms with Crippen molar-refractivity contribution < 1.29 is 4.74 Å². The van der Waals surface area contributed by atoms with E-state index in [1.54, 1.807) is 0 Å². The van der Waals surface area contributed by atoms with Crippen LogP contribution in [-0.4, -0.2) is 6.61 Å². The molecule has 0 saturated carbocycles. The summed E-state index contributed by atoms with van der Waals surface area (Å²) in [6, 6.07) is 15.9. The molecule has 0 fully saturated rings. The van der Waals surface area contributed by atoms with Crippen LogP contribution < -0.4 is 4.74 Å². The molecule has 0 N–H and O–H groups in total. The van der Waals surface area contributed by atoms with Crippen LogP contribution in [0.5, 0.6) is 5.75 Å². The van der Waals surface area contributed by atoms with Crippen LogP contribution in [0.2, 0.25) is 5.02 Å². The minimum Gasteiger partial charge on any atom is -0.488 e. The molecule has 0 heterocycles. The van der Waals surface area contributed by atoms with Crippen LogP contribution in [0, 0.1) is 6.42 Å². The van der Waals surface area contributed by atoms with Crippen molar-refractivity contribution in [3.8, 4) is 16.9 Å². The van der Waals surface area contributed by atoms with Crippen molar-refractivity contribution in [2.75, 3.05) is 6.61 Å². The van der Waals surface area contributed by atoms with Crippen LogP contribution >= 0.6 is 11.6 Å². The smallest absolute Gasteiger partial charge is 0.127 e. The third-order valence-corrected chi connectivity index (χ3v) is 3.62. The van der Waals surface area contributed by atoms with Crippen molar-refractivity contribution in [1.82, 2.24) is 0 Å². The van der Waals surface area contributed by atoms with E-state index >= 15 is 0 Å². The van der Waals surface area contributed by atoms with Gasteiger partial charge in [0.2, 0.25) is 0 Å². The molecule has 2 heteroatoms. The van der Waals surface area contributed by atoms with Gasteiger partial charge in [0.25, 0.3) is 0 Å². The third-order valence-electron chi connectivity index (χ3n) is 3.38. The first-order valence-electron chi connectivity index (χ1n) is 6.99. The Balaban J connectivity index is 1.85. The van der Waals surface area contributed by atoms with E-state index in [9.17, 15) is 0 Å². The molecule has 0 bridgehead atoms. The highest BCUT2D eigenvalue weighted by molar-refractivity contribution is 6.31. The Hall–Kier alpha value is -1.99. The number of hydrogen-bond donors (Lipinski definition) is 0. The summed E-state index contributed by atoms with van der Waals surface area (Å²) >= 11 is 6.13. The monoisotopic (exact) mass is 295 g/mol. The molecule has 1 radical (unpaired) electrons. The summed E-state index contributed by atoms with van der Waals surface area (Å²) in [5.41, 5.74) is 3.33. The van der Waals surface area contributed by atoms with Gasteiger partial charge in [0.1, 0.15) is 12.4 Å². The van der Waals surface area contributed by atoms with Gasteiger partial charge in [-0.05, 0) is 42.2 Å². The van der Waals surface area contributed by atoms with E-state index < -0.39 is 0 Å². The Bertz CT molecular complexity index is 671. The second kappa shape index (κ2) is 6.64. The summed E-state index contributed by atoms with van der Waals surface area (Å²) in [6.07, 6.45) is 9.43. The van der Waals surface area contributed by atoms with Crippen LogP contribution in [0.25, 0.3) is 11.1 Å². The molecule has 3 rings (SSSR count). The van der Waals surface area contributed by atoms with Gasteiger partial charge in [-0.3, -0.25) is 0 Å². The van der Waals surface area contributed by atoms with Crippen LogP contribution in [-0.2, 0) is 0 Å². The van der Waals surface area contributed by atoms with Crippen molar-refractivity contribution >= 4 is 11.6 Å². The summed E-state index contributed by atoms with van der Waals surface area (Å²) in [7, 11) is 0. The van der Waals surface area contributed by atoms with E-state index in [4.69, 9.17) is 16.3 Å². The van der Waals surface area contributed by atoms with E-state index in [0.29, 0.717) is 11.6 Å². The van der Waals surface area contributed by atoms with E-state index in [2.05, 4.69) is 36.8 Å². The van der Waals surface area contributed by atoms with Crippen molar-refractivity contribution in [2.24, 2.45) is 0 Å². The standard InChI is InChI=1S/C19H16ClO/c20-17-11-12-19(21-14-15-7-3-1-4-8-15)18(13-17)16-9-5-2-6-10-16/h1-3,5-13H,4,14H2. The molecule has 0 atom stereocenters. The molecule has 2 aromatic rings. The molecule has 1 nitrogen and oxygen atoms in total. The van der Waals surface area contributed by atoms with Gasteiger partial charge in [-0.15, -0.1) is 0 Å². The maximum atomic E-state index is 6.13. The Kier molecular flexibility index (Phi) is 4.42. The summed E-state index contributed by atoms with van der Waals surface area (Å²) in [5.74, 6) is 0.856. The van der Waals surface area contributed by atoms with Crippen LogP contribution in [0.15, 0.2) is 72.3 Å². The SMILES string of the molecule is Clc1ccc(OCC2=CC[CH]C=C2)c(-c2ccccc2)c1. The highest BCUT2D eigenvalue weighted by Gasteiger charge is 2.08. The fourth-order valence-corrected chi connectivity index (χ4v) is 2.47. The van der Waals surface area contributed by atoms with Crippen molar-refractivity contribution in [3.05, 3.63) is 83.8 Å². The molecule has 0 aliphatic heterocycles. The molecule has 0 aromatic heterocycles. The van der Waals surface area contributed by atoms with E-state index in [0.717, 1.165) is 23.3 Å². The summed E-state index contributed by atoms with van der Waals surface area (Å²) in [6.45, 7) is 0.575. The Labute approximate surface area is 130 Å². The Morgan fingerprint density at radius 1 is 1.05 bits per heavy atom. The lowest BCUT2D eigenvalue weighted by molar-refractivity contribution is 0.356. The minimum absolute atomic E-state index is 0.575. The first kappa shape index (κ1) is 14.0. The molecule has 21 heavy (non-hydrogen) atoms. The molecule has 0 amide bonds. The quantitative estimate of drug-likeness (QED) is 0.726. The molecule has 0 unspecified atom stereocenters. The maximum Gasteiger partial charge on any atom is 0.127 e. The van der Waals surface area contributed by atoms with Crippen LogP contribution in [0.4, 0.5) is 0 Å². The zero-order chi connectivity index (χ0) is 14.5. The second-order valence-electron chi connectivity index (χ2n) is 4.90. The molecule has 2 aromatic carbocycles. The number of ether oxygens (including phenoxy) is 1. The fraction of sp³-hybridized carbons (Fsp3) is 0.105. The second-order valence-corrected chi connectivity index (χ2v) is 5.34. The topological polar surface area (TPSA) is 9.23 Å². The fourth-order valence-electron chi connectivity index (χ4n) is 2.30. The molecule has 0 saturated heterocycles. The maximum absolute atomic E-state index is 6.13. The summed E-state index contributed by atoms with van der Waals surface area (Å²) in [4.78, 5) is 0. The van der Waals surface area contributed by atoms with Crippen molar-refractivity contribution in [1.29, 1.82) is 0 Å². The molecular formula is C19H16ClO. The molecule has 1 aliphatic rings. The Morgan fingerprint density at radius 2 is 1.90 bits per heavy atom. The molecule has 105 valence electrons. The van der Waals surface area contributed by atoms with Gasteiger partial charge < -0.3 is 4.74 Å². The number of rotatable bonds is 4. The summed E-state index contributed by atoms with van der Waals surface area (Å²) in [5, 5.41) is 0.715. The average Bonchev–Trinajstić information content (AvgIpc) is 2.55. The van der Waals surface area contributed by atoms with Gasteiger partial charge in [0.05, 0.1) is 0 Å². The van der Waals surface area contributed by atoms with Crippen molar-refractivity contribution in [2.45, 2.75) is 6.42 Å². The largest absolute Gasteiger partial charge is 0.488 e. The van der Waals surface area contributed by atoms with Crippen molar-refractivity contribution in [3.63, 3.8) is 0 Å². The Morgan fingerprint density at radius 3 is 2.67 bits per heavy atom. The number of benzene rings is 2. The number of hydrogen-bond acceptors (Lipinski definition) is 1. The lowest BCUT2D eigenvalue weighted by Gasteiger charge is -2.14. The highest BCUT2D eigenvalue weighted by Crippen LogP contribution is 2.32. The minimum atomic E-state index is 0.575. The first-order chi connectivity index (χ1) is 10.3. The van der Waals surface area contributed by atoms with Crippen LogP contribution in [0.3, 0.4) is 0 Å². The zero-order valence-corrected chi connectivity index (χ0v) is 12.4. The molecule has 1 aliphatic carbocycles. The first-order valence-corrected chi connectivity index (χ1v) is 7.37. The van der Waals surface area contributed by atoms with E-state index in [-0.39, 0.29) is 0 Å². The number of halogens is 1. The van der Waals surface area contributed by atoms with Gasteiger partial charge in [-0.2, -0.15) is 0 Å². The predicted molar refractivity (Wildman–Crippen MR) is 88.5 cm³/mol. The molecule has 0 spiro atoms. The van der Waals surface area contributed by atoms with Gasteiger partial charge >= 0.3 is 0 Å². The average molecular weight is 296 g/mol. The number of allylic oxidation sites excluding steroid dienone is 2. The normalized spacial score (nSPS) is 13.9. The van der Waals surface area contributed by atoms with Gasteiger partial charge in [0.15, 0.2) is 0 Å². The van der Waals surface area contributed by atoms with Crippen LogP contribution in [0.1, 0.15) is 6.42 Å². The lowest BCUT2D eigenvalue weighted by atomic mass is 10.0. The third kappa shape index (κ3) is 3.56. The highest BCUT2D eigenvalue weighted by atomic mass is 35.5. The van der Waals surface area contributed by atoms with E-state index in [1.807, 2.05) is 36.4 Å². The lowest BCUT2D eigenvalue weighted by Crippen LogP contribution is -2.02. The van der Waals surface area contributed by atoms with Gasteiger partial charge in [-0.1, -0.05) is 60.2 Å². The van der Waals surface area contributed by atoms with Gasteiger partial charge in [-0.25, -0.2) is 0 Å². The predicted octanol–water partition coefficient (Wildman–Crippen LogP) is 5.48. The van der Waals surface area contributed by atoms with Gasteiger partial charge in [0, 0.05) is 10.6 Å². The summed E-state index contributed by atoms with van der Waals surface area (Å²) < 4.78 is 5.99. The molecular weight excluding hydrogens is 280 g/mol. The van der Waals surface area contributed by atoms with E-state index in [1.165, 1.54) is 5.57 Å². The zero-order valence-electron chi connectivity index (χ0n) is 11.6.